The summed E-state index contributed by atoms with van der Waals surface area (Å²) in [6.07, 6.45) is -0.413. The van der Waals surface area contributed by atoms with Crippen molar-refractivity contribution >= 4 is 55.0 Å². The fourth-order valence-corrected chi connectivity index (χ4v) is 4.11. The van der Waals surface area contributed by atoms with Crippen LogP contribution in [0.4, 0.5) is 10.5 Å². The number of carbonyl (C=O) groups excluding carboxylic acids is 1. The predicted octanol–water partition coefficient (Wildman–Crippen LogP) is 5.91. The van der Waals surface area contributed by atoms with Gasteiger partial charge in [0.05, 0.1) is 3.79 Å². The van der Waals surface area contributed by atoms with Crippen molar-refractivity contribution in [2.24, 2.45) is 0 Å². The van der Waals surface area contributed by atoms with Crippen LogP contribution in [0.15, 0.2) is 38.6 Å². The minimum atomic E-state index is -0.498. The summed E-state index contributed by atoms with van der Waals surface area (Å²) in [4.78, 5) is 13.0. The van der Waals surface area contributed by atoms with Gasteiger partial charge in [-0.3, -0.25) is 0 Å². The summed E-state index contributed by atoms with van der Waals surface area (Å²) in [6.45, 7) is 6.67. The first-order valence-electron chi connectivity index (χ1n) is 7.47. The Balaban J connectivity index is 1.95. The summed E-state index contributed by atoms with van der Waals surface area (Å²) in [7, 11) is 0. The smallest absolute Gasteiger partial charge is 0.407 e. The van der Waals surface area contributed by atoms with Crippen molar-refractivity contribution in [2.75, 3.05) is 5.32 Å². The highest BCUT2D eigenvalue weighted by Crippen LogP contribution is 2.32. The van der Waals surface area contributed by atoms with E-state index in [1.165, 1.54) is 4.88 Å². The molecule has 130 valence electrons. The van der Waals surface area contributed by atoms with Crippen LogP contribution in [-0.4, -0.2) is 11.7 Å². The van der Waals surface area contributed by atoms with Gasteiger partial charge in [0, 0.05) is 28.1 Å². The molecular formula is C17H20Br2N2O2S. The molecule has 0 saturated heterocycles. The van der Waals surface area contributed by atoms with Crippen LogP contribution in [0, 0.1) is 0 Å². The Kier molecular flexibility index (Phi) is 6.71. The number of carbonyl (C=O) groups is 1. The Bertz CT molecular complexity index is 691. The van der Waals surface area contributed by atoms with Crippen molar-refractivity contribution < 1.29 is 9.53 Å². The molecule has 0 spiro atoms. The lowest BCUT2D eigenvalue weighted by Crippen LogP contribution is -2.32. The van der Waals surface area contributed by atoms with Crippen molar-refractivity contribution in [1.29, 1.82) is 0 Å². The van der Waals surface area contributed by atoms with E-state index in [2.05, 4.69) is 48.6 Å². The van der Waals surface area contributed by atoms with E-state index in [0.717, 1.165) is 26.1 Å². The van der Waals surface area contributed by atoms with Crippen LogP contribution in [0.25, 0.3) is 0 Å². The van der Waals surface area contributed by atoms with Gasteiger partial charge >= 0.3 is 6.09 Å². The fraction of sp³-hybridized carbons (Fsp3) is 0.353. The van der Waals surface area contributed by atoms with Crippen LogP contribution < -0.4 is 10.6 Å². The second-order valence-electron chi connectivity index (χ2n) is 6.20. The van der Waals surface area contributed by atoms with E-state index in [1.54, 1.807) is 11.3 Å². The molecule has 1 aromatic heterocycles. The quantitative estimate of drug-likeness (QED) is 0.565. The minimum Gasteiger partial charge on any atom is -0.444 e. The molecule has 1 heterocycles. The summed E-state index contributed by atoms with van der Waals surface area (Å²) in [6, 6.07) is 10.0. The third-order valence-corrected chi connectivity index (χ3v) is 6.24. The summed E-state index contributed by atoms with van der Waals surface area (Å²) >= 11 is 8.68. The molecule has 2 aromatic rings. The maximum absolute atomic E-state index is 11.8. The topological polar surface area (TPSA) is 50.4 Å². The average Bonchev–Trinajstić information content (AvgIpc) is 2.81. The standard InChI is InChI=1S/C17H20Br2N2O2S/c1-17(2,3)23-16(22)21-9-11-6-4-5-7-14(11)20-10-12-8-13(18)15(19)24-12/h4-8,20H,9-10H2,1-3H3,(H,21,22). The van der Waals surface area contributed by atoms with Crippen molar-refractivity contribution in [3.8, 4) is 0 Å². The largest absolute Gasteiger partial charge is 0.444 e. The molecule has 0 aliphatic carbocycles. The highest BCUT2D eigenvalue weighted by atomic mass is 79.9. The van der Waals surface area contributed by atoms with Gasteiger partial charge in [-0.1, -0.05) is 18.2 Å². The van der Waals surface area contributed by atoms with Crippen molar-refractivity contribution in [3.05, 3.63) is 49.0 Å². The van der Waals surface area contributed by atoms with E-state index >= 15 is 0 Å². The van der Waals surface area contributed by atoms with Crippen LogP contribution in [0.5, 0.6) is 0 Å². The highest BCUT2D eigenvalue weighted by molar-refractivity contribution is 9.13. The lowest BCUT2D eigenvalue weighted by Gasteiger charge is -2.20. The second-order valence-corrected chi connectivity index (χ2v) is 9.51. The van der Waals surface area contributed by atoms with Gasteiger partial charge in [0.15, 0.2) is 0 Å². The maximum atomic E-state index is 11.8. The van der Waals surface area contributed by atoms with Crippen LogP contribution >= 0.6 is 43.2 Å². The van der Waals surface area contributed by atoms with E-state index in [4.69, 9.17) is 4.74 Å². The molecule has 0 unspecified atom stereocenters. The number of rotatable bonds is 5. The molecule has 0 bridgehead atoms. The summed E-state index contributed by atoms with van der Waals surface area (Å²) in [5.41, 5.74) is 1.51. The van der Waals surface area contributed by atoms with Crippen LogP contribution in [-0.2, 0) is 17.8 Å². The molecule has 0 fully saturated rings. The molecule has 0 saturated carbocycles. The Morgan fingerprint density at radius 3 is 2.54 bits per heavy atom. The van der Waals surface area contributed by atoms with Crippen molar-refractivity contribution in [2.45, 2.75) is 39.5 Å². The summed E-state index contributed by atoms with van der Waals surface area (Å²) in [5.74, 6) is 0. The number of anilines is 1. The molecule has 0 radical (unpaired) electrons. The van der Waals surface area contributed by atoms with Crippen LogP contribution in [0.3, 0.4) is 0 Å². The minimum absolute atomic E-state index is 0.413. The Hall–Kier alpha value is -1.05. The molecule has 0 aliphatic rings. The van der Waals surface area contributed by atoms with Crippen LogP contribution in [0.2, 0.25) is 0 Å². The van der Waals surface area contributed by atoms with E-state index in [-0.39, 0.29) is 0 Å². The van der Waals surface area contributed by atoms with Gasteiger partial charge < -0.3 is 15.4 Å². The lowest BCUT2D eigenvalue weighted by molar-refractivity contribution is 0.0523. The van der Waals surface area contributed by atoms with Crippen LogP contribution in [0.1, 0.15) is 31.2 Å². The zero-order valence-corrected chi connectivity index (χ0v) is 17.8. The molecule has 1 amide bonds. The molecule has 1 aromatic carbocycles. The summed E-state index contributed by atoms with van der Waals surface area (Å²) < 4.78 is 7.41. The SMILES string of the molecule is CC(C)(C)OC(=O)NCc1ccccc1NCc1cc(Br)c(Br)s1. The second kappa shape index (κ2) is 8.36. The monoisotopic (exact) mass is 474 g/mol. The normalized spacial score (nSPS) is 11.2. The van der Waals surface area contributed by atoms with E-state index < -0.39 is 11.7 Å². The summed E-state index contributed by atoms with van der Waals surface area (Å²) in [5, 5.41) is 6.21. The van der Waals surface area contributed by atoms with E-state index in [0.29, 0.717) is 6.54 Å². The van der Waals surface area contributed by atoms with Gasteiger partial charge in [-0.2, -0.15) is 0 Å². The molecule has 2 rings (SSSR count). The number of ether oxygens (including phenoxy) is 1. The Morgan fingerprint density at radius 1 is 1.21 bits per heavy atom. The first-order valence-corrected chi connectivity index (χ1v) is 9.87. The van der Waals surface area contributed by atoms with E-state index in [1.807, 2.05) is 45.0 Å². The Morgan fingerprint density at radius 2 is 1.92 bits per heavy atom. The van der Waals surface area contributed by atoms with Gasteiger partial charge in [-0.15, -0.1) is 11.3 Å². The molecule has 4 nitrogen and oxygen atoms in total. The number of hydrogen-bond donors (Lipinski definition) is 2. The van der Waals surface area contributed by atoms with Crippen molar-refractivity contribution in [1.82, 2.24) is 5.32 Å². The van der Waals surface area contributed by atoms with Gasteiger partial charge in [0.1, 0.15) is 5.60 Å². The molecule has 24 heavy (non-hydrogen) atoms. The lowest BCUT2D eigenvalue weighted by atomic mass is 10.1. The number of thiophene rings is 1. The predicted molar refractivity (Wildman–Crippen MR) is 107 cm³/mol. The Labute approximate surface area is 163 Å². The molecular weight excluding hydrogens is 456 g/mol. The fourth-order valence-electron chi connectivity index (χ4n) is 1.99. The van der Waals surface area contributed by atoms with Gasteiger partial charge in [0.25, 0.3) is 0 Å². The third-order valence-electron chi connectivity index (χ3n) is 2.99. The first kappa shape index (κ1) is 19.3. The molecule has 7 heteroatoms. The zero-order chi connectivity index (χ0) is 17.7. The third kappa shape index (κ3) is 6.11. The number of para-hydroxylation sites is 1. The highest BCUT2D eigenvalue weighted by Gasteiger charge is 2.16. The number of nitrogens with one attached hydrogen (secondary N) is 2. The molecule has 0 aliphatic heterocycles. The number of benzene rings is 1. The average molecular weight is 476 g/mol. The number of hydrogen-bond acceptors (Lipinski definition) is 4. The molecule has 2 N–H and O–H groups in total. The van der Waals surface area contributed by atoms with Crippen molar-refractivity contribution in [3.63, 3.8) is 0 Å². The van der Waals surface area contributed by atoms with E-state index in [9.17, 15) is 4.79 Å². The first-order chi connectivity index (χ1) is 11.2. The zero-order valence-electron chi connectivity index (χ0n) is 13.8. The van der Waals surface area contributed by atoms with Gasteiger partial charge in [0.2, 0.25) is 0 Å². The number of alkyl carbamates (subject to hydrolysis) is 1. The molecule has 0 atom stereocenters. The van der Waals surface area contributed by atoms with Gasteiger partial charge in [-0.25, -0.2) is 4.79 Å². The number of amides is 1. The maximum Gasteiger partial charge on any atom is 0.407 e. The van der Waals surface area contributed by atoms with Gasteiger partial charge in [-0.05, 0) is 70.3 Å². The number of halogens is 2.